The summed E-state index contributed by atoms with van der Waals surface area (Å²) >= 11 is 0. The Bertz CT molecular complexity index is 1190. The van der Waals surface area contributed by atoms with Gasteiger partial charge in [-0.3, -0.25) is 14.7 Å². The second kappa shape index (κ2) is 10.7. The molecule has 2 aromatic carbocycles. The summed E-state index contributed by atoms with van der Waals surface area (Å²) in [6, 6.07) is 20.6. The first-order valence-corrected chi connectivity index (χ1v) is 11.0. The van der Waals surface area contributed by atoms with E-state index in [1.165, 1.54) is 28.5 Å². The van der Waals surface area contributed by atoms with E-state index in [1.54, 1.807) is 12.4 Å². The molecular weight excluding hydrogens is 412 g/mol. The third-order valence-electron chi connectivity index (χ3n) is 5.49. The van der Waals surface area contributed by atoms with Gasteiger partial charge in [-0.2, -0.15) is 0 Å². The summed E-state index contributed by atoms with van der Waals surface area (Å²) in [5.74, 6) is 0.260. The molecular formula is C27H28N4O2. The van der Waals surface area contributed by atoms with Crippen molar-refractivity contribution in [3.8, 4) is 0 Å². The normalized spacial score (nSPS) is 11.0. The minimum atomic E-state index is -0.259. The van der Waals surface area contributed by atoms with Crippen LogP contribution >= 0.6 is 0 Å². The van der Waals surface area contributed by atoms with Crippen LogP contribution in [0, 0.1) is 13.8 Å². The number of carbonyl (C=O) groups is 1. The fraction of sp³-hybridized carbons (Fsp3) is 0.222. The van der Waals surface area contributed by atoms with Crippen LogP contribution in [0.15, 0.2) is 83.7 Å². The molecule has 0 atom stereocenters. The van der Waals surface area contributed by atoms with E-state index >= 15 is 0 Å². The van der Waals surface area contributed by atoms with Crippen molar-refractivity contribution < 1.29 is 9.21 Å². The van der Waals surface area contributed by atoms with Gasteiger partial charge in [-0.25, -0.2) is 4.98 Å². The molecule has 0 bridgehead atoms. The van der Waals surface area contributed by atoms with Crippen molar-refractivity contribution in [2.24, 2.45) is 0 Å². The molecule has 0 spiro atoms. The van der Waals surface area contributed by atoms with Crippen LogP contribution in [0.4, 0.5) is 0 Å². The minimum absolute atomic E-state index is 0.259. The Labute approximate surface area is 194 Å². The second-order valence-electron chi connectivity index (χ2n) is 8.23. The van der Waals surface area contributed by atoms with Gasteiger partial charge in [0.05, 0.1) is 6.54 Å². The Kier molecular flexibility index (Phi) is 7.27. The van der Waals surface area contributed by atoms with Gasteiger partial charge in [0, 0.05) is 32.0 Å². The summed E-state index contributed by atoms with van der Waals surface area (Å²) in [4.78, 5) is 23.2. The molecule has 0 aliphatic carbocycles. The quantitative estimate of drug-likeness (QED) is 0.404. The maximum atomic E-state index is 12.5. The largest absolute Gasteiger partial charge is 0.447 e. The van der Waals surface area contributed by atoms with Crippen LogP contribution < -0.4 is 5.32 Å². The molecule has 2 heterocycles. The highest BCUT2D eigenvalue weighted by Crippen LogP contribution is 2.18. The maximum absolute atomic E-state index is 12.5. The molecule has 4 aromatic rings. The topological polar surface area (TPSA) is 71.3 Å². The Morgan fingerprint density at radius 1 is 0.939 bits per heavy atom. The molecule has 0 fully saturated rings. The number of aryl methyl sites for hydroxylation is 2. The number of amides is 1. The standard InChI is InChI=1S/C27H28N4O2/c1-20-8-9-24(21(2)14-20)17-31(16-23-6-4-3-5-7-23)18-26-30-25(19-33-26)27(32)29-15-22-10-12-28-13-11-22/h3-14,19H,15-18H2,1-2H3,(H,29,32). The zero-order chi connectivity index (χ0) is 23.0. The lowest BCUT2D eigenvalue weighted by Gasteiger charge is -2.22. The first-order chi connectivity index (χ1) is 16.1. The number of benzene rings is 2. The average Bonchev–Trinajstić information content (AvgIpc) is 3.29. The van der Waals surface area contributed by atoms with Gasteiger partial charge in [0.15, 0.2) is 5.69 Å². The second-order valence-corrected chi connectivity index (χ2v) is 8.23. The van der Waals surface area contributed by atoms with Crippen LogP contribution in [0.3, 0.4) is 0 Å². The molecule has 0 aliphatic rings. The minimum Gasteiger partial charge on any atom is -0.447 e. The van der Waals surface area contributed by atoms with Gasteiger partial charge in [0.1, 0.15) is 6.26 Å². The molecule has 0 radical (unpaired) electrons. The lowest BCUT2D eigenvalue weighted by atomic mass is 10.0. The SMILES string of the molecule is Cc1ccc(CN(Cc2ccccc2)Cc2nc(C(=O)NCc3ccncc3)co2)c(C)c1. The Hall–Kier alpha value is -3.77. The number of oxazole rings is 1. The number of carbonyl (C=O) groups excluding carboxylic acids is 1. The van der Waals surface area contributed by atoms with Crippen molar-refractivity contribution in [1.29, 1.82) is 0 Å². The maximum Gasteiger partial charge on any atom is 0.273 e. The van der Waals surface area contributed by atoms with E-state index < -0.39 is 0 Å². The van der Waals surface area contributed by atoms with E-state index in [9.17, 15) is 4.79 Å². The van der Waals surface area contributed by atoms with E-state index in [0.717, 1.165) is 18.7 Å². The van der Waals surface area contributed by atoms with Crippen molar-refractivity contribution >= 4 is 5.91 Å². The van der Waals surface area contributed by atoms with Crippen LogP contribution in [-0.4, -0.2) is 20.8 Å². The summed E-state index contributed by atoms with van der Waals surface area (Å²) in [5.41, 5.74) is 6.25. The van der Waals surface area contributed by atoms with Gasteiger partial charge in [-0.1, -0.05) is 54.1 Å². The monoisotopic (exact) mass is 440 g/mol. The summed E-state index contributed by atoms with van der Waals surface area (Å²) in [6.45, 7) is 6.66. The molecule has 1 N–H and O–H groups in total. The predicted octanol–water partition coefficient (Wildman–Crippen LogP) is 4.82. The zero-order valence-electron chi connectivity index (χ0n) is 19.0. The number of hydrogen-bond donors (Lipinski definition) is 1. The van der Waals surface area contributed by atoms with Crippen molar-refractivity contribution in [1.82, 2.24) is 20.2 Å². The van der Waals surface area contributed by atoms with Gasteiger partial charge >= 0.3 is 0 Å². The lowest BCUT2D eigenvalue weighted by Crippen LogP contribution is -2.24. The number of pyridine rings is 1. The smallest absolute Gasteiger partial charge is 0.273 e. The number of aromatic nitrogens is 2. The van der Waals surface area contributed by atoms with Crippen LogP contribution in [0.5, 0.6) is 0 Å². The fourth-order valence-corrected chi connectivity index (χ4v) is 3.73. The molecule has 0 unspecified atom stereocenters. The molecule has 2 aromatic heterocycles. The molecule has 0 aliphatic heterocycles. The molecule has 0 saturated heterocycles. The molecule has 6 heteroatoms. The average molecular weight is 441 g/mol. The molecule has 1 amide bonds. The third kappa shape index (κ3) is 6.37. The van der Waals surface area contributed by atoms with E-state index in [2.05, 4.69) is 64.4 Å². The van der Waals surface area contributed by atoms with Crippen molar-refractivity contribution in [2.45, 2.75) is 40.0 Å². The van der Waals surface area contributed by atoms with Crippen LogP contribution in [-0.2, 0) is 26.2 Å². The predicted molar refractivity (Wildman–Crippen MR) is 127 cm³/mol. The number of nitrogens with one attached hydrogen (secondary N) is 1. The Balaban J connectivity index is 1.45. The highest BCUT2D eigenvalue weighted by Gasteiger charge is 2.16. The lowest BCUT2D eigenvalue weighted by molar-refractivity contribution is 0.0945. The van der Waals surface area contributed by atoms with E-state index in [-0.39, 0.29) is 11.6 Å². The van der Waals surface area contributed by atoms with Crippen molar-refractivity contribution in [3.63, 3.8) is 0 Å². The van der Waals surface area contributed by atoms with Gasteiger partial charge in [-0.15, -0.1) is 0 Å². The van der Waals surface area contributed by atoms with Gasteiger partial charge in [-0.05, 0) is 48.2 Å². The highest BCUT2D eigenvalue weighted by atomic mass is 16.3. The van der Waals surface area contributed by atoms with E-state index in [4.69, 9.17) is 4.42 Å². The third-order valence-corrected chi connectivity index (χ3v) is 5.49. The summed E-state index contributed by atoms with van der Waals surface area (Å²) in [7, 11) is 0. The number of hydrogen-bond acceptors (Lipinski definition) is 5. The zero-order valence-corrected chi connectivity index (χ0v) is 19.0. The van der Waals surface area contributed by atoms with Crippen LogP contribution in [0.1, 0.15) is 44.2 Å². The fourth-order valence-electron chi connectivity index (χ4n) is 3.73. The van der Waals surface area contributed by atoms with Gasteiger partial charge in [0.25, 0.3) is 5.91 Å². The number of rotatable bonds is 9. The summed E-state index contributed by atoms with van der Waals surface area (Å²) in [6.07, 6.45) is 4.83. The van der Waals surface area contributed by atoms with Gasteiger partial charge < -0.3 is 9.73 Å². The van der Waals surface area contributed by atoms with Crippen molar-refractivity contribution in [3.05, 3.63) is 119 Å². The van der Waals surface area contributed by atoms with Crippen molar-refractivity contribution in [2.75, 3.05) is 0 Å². The first kappa shape index (κ1) is 22.4. The Morgan fingerprint density at radius 3 is 2.48 bits per heavy atom. The number of nitrogens with zero attached hydrogens (tertiary/aromatic N) is 3. The first-order valence-electron chi connectivity index (χ1n) is 11.0. The molecule has 0 saturated carbocycles. The highest BCUT2D eigenvalue weighted by molar-refractivity contribution is 5.91. The molecule has 4 rings (SSSR count). The Morgan fingerprint density at radius 2 is 1.73 bits per heavy atom. The van der Waals surface area contributed by atoms with Crippen LogP contribution in [0.2, 0.25) is 0 Å². The van der Waals surface area contributed by atoms with E-state index in [0.29, 0.717) is 19.0 Å². The summed E-state index contributed by atoms with van der Waals surface area (Å²) < 4.78 is 5.67. The molecule has 33 heavy (non-hydrogen) atoms. The molecule has 6 nitrogen and oxygen atoms in total. The van der Waals surface area contributed by atoms with E-state index in [1.807, 2.05) is 30.3 Å². The molecule has 168 valence electrons. The van der Waals surface area contributed by atoms with Crippen LogP contribution in [0.25, 0.3) is 0 Å². The van der Waals surface area contributed by atoms with Gasteiger partial charge in [0.2, 0.25) is 5.89 Å². The summed E-state index contributed by atoms with van der Waals surface area (Å²) in [5, 5.41) is 2.87.